The molecule has 4 heteroatoms. The van der Waals surface area contributed by atoms with Gasteiger partial charge in [0.05, 0.1) is 6.61 Å². The lowest BCUT2D eigenvalue weighted by molar-refractivity contribution is 0.199. The molecule has 0 radical (unpaired) electrons. The second-order valence-electron chi connectivity index (χ2n) is 5.99. The zero-order valence-electron chi connectivity index (χ0n) is 12.3. The van der Waals surface area contributed by atoms with E-state index in [1.54, 1.807) is 7.11 Å². The summed E-state index contributed by atoms with van der Waals surface area (Å²) in [7, 11) is 1.73. The van der Waals surface area contributed by atoms with E-state index < -0.39 is 0 Å². The summed E-state index contributed by atoms with van der Waals surface area (Å²) in [5.41, 5.74) is 1.68. The number of hydrogen-bond donors (Lipinski definition) is 1. The third kappa shape index (κ3) is 3.91. The summed E-state index contributed by atoms with van der Waals surface area (Å²) in [6.45, 7) is 9.31. The first kappa shape index (κ1) is 14.3. The van der Waals surface area contributed by atoms with Crippen molar-refractivity contribution in [2.45, 2.75) is 26.8 Å². The molecule has 2 heterocycles. The molecule has 19 heavy (non-hydrogen) atoms. The molecule has 1 aliphatic rings. The maximum atomic E-state index is 5.05. The fourth-order valence-electron chi connectivity index (χ4n) is 2.54. The van der Waals surface area contributed by atoms with Crippen LogP contribution in [0.2, 0.25) is 0 Å². The number of rotatable bonds is 6. The van der Waals surface area contributed by atoms with Gasteiger partial charge in [-0.3, -0.25) is 0 Å². The van der Waals surface area contributed by atoms with Crippen LogP contribution in [0.1, 0.15) is 25.8 Å². The third-order valence-corrected chi connectivity index (χ3v) is 3.64. The van der Waals surface area contributed by atoms with Crippen molar-refractivity contribution >= 4 is 5.82 Å². The van der Waals surface area contributed by atoms with Crippen molar-refractivity contribution in [2.24, 2.45) is 5.41 Å². The predicted molar refractivity (Wildman–Crippen MR) is 78.4 cm³/mol. The van der Waals surface area contributed by atoms with Crippen LogP contribution in [-0.2, 0) is 11.3 Å². The maximum Gasteiger partial charge on any atom is 0.133 e. The molecule has 1 aromatic rings. The van der Waals surface area contributed by atoms with Gasteiger partial charge in [0.15, 0.2) is 0 Å². The van der Waals surface area contributed by atoms with Crippen LogP contribution >= 0.6 is 0 Å². The second-order valence-corrected chi connectivity index (χ2v) is 5.99. The highest BCUT2D eigenvalue weighted by molar-refractivity contribution is 5.48. The van der Waals surface area contributed by atoms with E-state index in [-0.39, 0.29) is 0 Å². The minimum atomic E-state index is 0.401. The molecule has 0 aliphatic carbocycles. The summed E-state index contributed by atoms with van der Waals surface area (Å²) >= 11 is 0. The molecule has 0 aromatic carbocycles. The van der Waals surface area contributed by atoms with Crippen molar-refractivity contribution in [3.8, 4) is 0 Å². The Morgan fingerprint density at radius 1 is 1.47 bits per heavy atom. The highest BCUT2D eigenvalue weighted by Crippen LogP contribution is 2.32. The van der Waals surface area contributed by atoms with E-state index in [9.17, 15) is 0 Å². The van der Waals surface area contributed by atoms with Gasteiger partial charge >= 0.3 is 0 Å². The number of pyridine rings is 1. The maximum absolute atomic E-state index is 5.05. The second kappa shape index (κ2) is 6.35. The molecular formula is C15H25N3O. The minimum Gasteiger partial charge on any atom is -0.383 e. The van der Waals surface area contributed by atoms with Crippen molar-refractivity contribution in [2.75, 3.05) is 38.3 Å². The molecule has 0 atom stereocenters. The predicted octanol–water partition coefficient (Wildman–Crippen LogP) is 2.05. The first-order chi connectivity index (χ1) is 9.12. The minimum absolute atomic E-state index is 0.401. The Bertz CT molecular complexity index is 406. The monoisotopic (exact) mass is 263 g/mol. The van der Waals surface area contributed by atoms with E-state index in [0.717, 1.165) is 38.6 Å². The summed E-state index contributed by atoms with van der Waals surface area (Å²) in [4.78, 5) is 6.99. The Morgan fingerprint density at radius 3 is 3.00 bits per heavy atom. The summed E-state index contributed by atoms with van der Waals surface area (Å²) in [5, 5.41) is 3.40. The molecular weight excluding hydrogens is 238 g/mol. The Balaban J connectivity index is 2.00. The van der Waals surface area contributed by atoms with Crippen LogP contribution in [0.25, 0.3) is 0 Å². The topological polar surface area (TPSA) is 37.4 Å². The molecule has 0 spiro atoms. The number of aromatic nitrogens is 1. The Morgan fingerprint density at radius 2 is 2.32 bits per heavy atom. The van der Waals surface area contributed by atoms with Gasteiger partial charge < -0.3 is 15.0 Å². The van der Waals surface area contributed by atoms with Crippen LogP contribution in [0.3, 0.4) is 0 Å². The van der Waals surface area contributed by atoms with E-state index in [4.69, 9.17) is 4.74 Å². The van der Waals surface area contributed by atoms with Crippen LogP contribution in [-0.4, -0.2) is 38.3 Å². The highest BCUT2D eigenvalue weighted by Gasteiger charge is 2.30. The molecule has 1 saturated heterocycles. The number of methoxy groups -OCH3 is 1. The normalized spacial score (nSPS) is 17.9. The molecule has 1 aliphatic heterocycles. The van der Waals surface area contributed by atoms with Crippen molar-refractivity contribution in [3.05, 3.63) is 23.9 Å². The number of ether oxygens (including phenoxy) is 1. The highest BCUT2D eigenvalue weighted by atomic mass is 16.5. The first-order valence-electron chi connectivity index (χ1n) is 7.01. The van der Waals surface area contributed by atoms with Gasteiger partial charge in [0.2, 0.25) is 0 Å². The van der Waals surface area contributed by atoms with Crippen molar-refractivity contribution in [1.29, 1.82) is 0 Å². The third-order valence-electron chi connectivity index (χ3n) is 3.64. The Kier molecular flexibility index (Phi) is 4.77. The average molecular weight is 263 g/mol. The number of nitrogens with zero attached hydrogens (tertiary/aromatic N) is 2. The number of hydrogen-bond acceptors (Lipinski definition) is 4. The van der Waals surface area contributed by atoms with Crippen LogP contribution in [0.4, 0.5) is 5.82 Å². The zero-order valence-corrected chi connectivity index (χ0v) is 12.3. The van der Waals surface area contributed by atoms with Gasteiger partial charge in [0.1, 0.15) is 5.82 Å². The van der Waals surface area contributed by atoms with Gasteiger partial charge in [0.25, 0.3) is 0 Å². The van der Waals surface area contributed by atoms with Crippen LogP contribution in [0.15, 0.2) is 18.3 Å². The molecule has 1 N–H and O–H groups in total. The summed E-state index contributed by atoms with van der Waals surface area (Å²) < 4.78 is 5.05. The lowest BCUT2D eigenvalue weighted by Crippen LogP contribution is -2.26. The van der Waals surface area contributed by atoms with E-state index >= 15 is 0 Å². The SMILES string of the molecule is COCCNCc1cccnc1N1CCC(C)(C)C1. The first-order valence-corrected chi connectivity index (χ1v) is 7.01. The smallest absolute Gasteiger partial charge is 0.133 e. The Hall–Kier alpha value is -1.13. The molecule has 1 aromatic heterocycles. The lowest BCUT2D eigenvalue weighted by Gasteiger charge is -2.23. The van der Waals surface area contributed by atoms with Gasteiger partial charge in [-0.15, -0.1) is 0 Å². The summed E-state index contributed by atoms with van der Waals surface area (Å²) in [5.74, 6) is 1.14. The number of anilines is 1. The quantitative estimate of drug-likeness (QED) is 0.797. The van der Waals surface area contributed by atoms with Crippen molar-refractivity contribution in [3.63, 3.8) is 0 Å². The lowest BCUT2D eigenvalue weighted by atomic mass is 9.93. The fraction of sp³-hybridized carbons (Fsp3) is 0.667. The molecule has 0 bridgehead atoms. The van der Waals surface area contributed by atoms with E-state index in [1.807, 2.05) is 12.3 Å². The largest absolute Gasteiger partial charge is 0.383 e. The van der Waals surface area contributed by atoms with Crippen molar-refractivity contribution in [1.82, 2.24) is 10.3 Å². The molecule has 0 saturated carbocycles. The van der Waals surface area contributed by atoms with Gasteiger partial charge in [-0.05, 0) is 17.9 Å². The van der Waals surface area contributed by atoms with Gasteiger partial charge in [-0.2, -0.15) is 0 Å². The Labute approximate surface area is 116 Å². The average Bonchev–Trinajstić information content (AvgIpc) is 2.75. The molecule has 4 nitrogen and oxygen atoms in total. The summed E-state index contributed by atoms with van der Waals surface area (Å²) in [6, 6.07) is 4.17. The fourth-order valence-corrected chi connectivity index (χ4v) is 2.54. The molecule has 0 unspecified atom stereocenters. The number of nitrogens with one attached hydrogen (secondary N) is 1. The van der Waals surface area contributed by atoms with E-state index in [2.05, 4.69) is 35.1 Å². The molecule has 106 valence electrons. The van der Waals surface area contributed by atoms with E-state index in [0.29, 0.717) is 5.41 Å². The van der Waals surface area contributed by atoms with Crippen molar-refractivity contribution < 1.29 is 4.74 Å². The molecule has 2 rings (SSSR count). The van der Waals surface area contributed by atoms with Gasteiger partial charge in [0, 0.05) is 45.0 Å². The van der Waals surface area contributed by atoms with Gasteiger partial charge in [-0.25, -0.2) is 4.98 Å². The molecule has 0 amide bonds. The molecule has 1 fully saturated rings. The van der Waals surface area contributed by atoms with Crippen LogP contribution in [0.5, 0.6) is 0 Å². The van der Waals surface area contributed by atoms with Gasteiger partial charge in [-0.1, -0.05) is 19.9 Å². The van der Waals surface area contributed by atoms with Crippen LogP contribution in [0, 0.1) is 5.41 Å². The zero-order chi connectivity index (χ0) is 13.7. The summed E-state index contributed by atoms with van der Waals surface area (Å²) in [6.07, 6.45) is 3.12. The van der Waals surface area contributed by atoms with Crippen LogP contribution < -0.4 is 10.2 Å². The van der Waals surface area contributed by atoms with E-state index in [1.165, 1.54) is 12.0 Å². The standard InChI is InChI=1S/C15H25N3O/c1-15(2)6-9-18(12-15)14-13(5-4-7-17-14)11-16-8-10-19-3/h4-5,7,16H,6,8-12H2,1-3H3.